The first kappa shape index (κ1) is 15.2. The quantitative estimate of drug-likeness (QED) is 0.913. The minimum Gasteiger partial charge on any atom is -0.320 e. The van der Waals surface area contributed by atoms with Crippen LogP contribution in [0.5, 0.6) is 0 Å². The maximum absolute atomic E-state index is 6.49. The van der Waals surface area contributed by atoms with E-state index >= 15 is 0 Å². The normalized spacial score (nSPS) is 15.1. The zero-order valence-electron chi connectivity index (χ0n) is 12.8. The van der Waals surface area contributed by atoms with Gasteiger partial charge in [-0.1, -0.05) is 51.1 Å². The summed E-state index contributed by atoms with van der Waals surface area (Å²) < 4.78 is 0. The van der Waals surface area contributed by atoms with Crippen LogP contribution in [0.3, 0.4) is 0 Å². The predicted octanol–water partition coefficient (Wildman–Crippen LogP) is 4.25. The summed E-state index contributed by atoms with van der Waals surface area (Å²) in [5.74, 6) is 0. The van der Waals surface area contributed by atoms with Crippen molar-refractivity contribution in [2.45, 2.75) is 51.5 Å². The first-order chi connectivity index (χ1) is 9.29. The summed E-state index contributed by atoms with van der Waals surface area (Å²) in [6, 6.07) is 10.5. The molecule has 1 atom stereocenters. The molecule has 3 heteroatoms. The molecule has 0 aliphatic carbocycles. The third kappa shape index (κ3) is 3.68. The van der Waals surface area contributed by atoms with Crippen LogP contribution >= 0.6 is 11.3 Å². The van der Waals surface area contributed by atoms with Gasteiger partial charge in [0.25, 0.3) is 0 Å². The number of aryl methyl sites for hydroxylation is 1. The molecule has 0 spiro atoms. The van der Waals surface area contributed by atoms with Crippen LogP contribution in [-0.2, 0) is 17.4 Å². The summed E-state index contributed by atoms with van der Waals surface area (Å²) in [6.07, 6.45) is 1.90. The van der Waals surface area contributed by atoms with Gasteiger partial charge in [-0.15, -0.1) is 11.3 Å². The van der Waals surface area contributed by atoms with E-state index in [1.165, 1.54) is 5.56 Å². The van der Waals surface area contributed by atoms with Gasteiger partial charge in [0, 0.05) is 10.8 Å². The highest BCUT2D eigenvalue weighted by Crippen LogP contribution is 2.30. The highest BCUT2D eigenvalue weighted by atomic mass is 32.1. The zero-order valence-corrected chi connectivity index (χ0v) is 13.6. The molecule has 2 aromatic rings. The summed E-state index contributed by atoms with van der Waals surface area (Å²) in [7, 11) is 0. The Labute approximate surface area is 126 Å². The van der Waals surface area contributed by atoms with Gasteiger partial charge in [-0.3, -0.25) is 0 Å². The van der Waals surface area contributed by atoms with Crippen molar-refractivity contribution < 1.29 is 0 Å². The third-order valence-electron chi connectivity index (χ3n) is 3.54. The second-order valence-corrected chi connectivity index (χ2v) is 7.55. The fourth-order valence-electron chi connectivity index (χ4n) is 2.04. The zero-order chi connectivity index (χ0) is 14.8. The Kier molecular flexibility index (Phi) is 4.31. The Balaban J connectivity index is 2.08. The molecule has 0 radical (unpaired) electrons. The average molecular weight is 288 g/mol. The molecule has 1 unspecified atom stereocenters. The van der Waals surface area contributed by atoms with Gasteiger partial charge in [0.15, 0.2) is 0 Å². The highest BCUT2D eigenvalue weighted by Gasteiger charge is 2.27. The van der Waals surface area contributed by atoms with Crippen LogP contribution in [0.25, 0.3) is 0 Å². The number of thiazole rings is 1. The first-order valence-corrected chi connectivity index (χ1v) is 7.96. The van der Waals surface area contributed by atoms with E-state index in [4.69, 9.17) is 10.7 Å². The maximum atomic E-state index is 6.49. The number of rotatable bonds is 4. The molecule has 1 heterocycles. The molecular formula is C17H24N2S. The van der Waals surface area contributed by atoms with Crippen LogP contribution in [0.15, 0.2) is 35.7 Å². The molecule has 0 bridgehead atoms. The molecular weight excluding hydrogens is 264 g/mol. The van der Waals surface area contributed by atoms with Gasteiger partial charge in [0.05, 0.1) is 11.2 Å². The van der Waals surface area contributed by atoms with Gasteiger partial charge in [0.1, 0.15) is 5.01 Å². The summed E-state index contributed by atoms with van der Waals surface area (Å²) in [5.41, 5.74) is 8.68. The molecule has 0 fully saturated rings. The SMILES string of the molecule is CC(C)(C)c1csc(C(C)(N)CCc2ccccc2)n1. The summed E-state index contributed by atoms with van der Waals surface area (Å²) >= 11 is 1.68. The molecule has 2 rings (SSSR count). The number of benzene rings is 1. The van der Waals surface area contributed by atoms with Crippen LogP contribution in [-0.4, -0.2) is 4.98 Å². The van der Waals surface area contributed by atoms with Crippen LogP contribution < -0.4 is 5.73 Å². The number of hydrogen-bond donors (Lipinski definition) is 1. The Morgan fingerprint density at radius 1 is 1.10 bits per heavy atom. The third-order valence-corrected chi connectivity index (χ3v) is 4.66. The van der Waals surface area contributed by atoms with Gasteiger partial charge in [0.2, 0.25) is 0 Å². The molecule has 20 heavy (non-hydrogen) atoms. The average Bonchev–Trinajstić information content (AvgIpc) is 2.88. The first-order valence-electron chi connectivity index (χ1n) is 7.08. The van der Waals surface area contributed by atoms with Gasteiger partial charge in [-0.05, 0) is 25.3 Å². The number of nitrogens with zero attached hydrogens (tertiary/aromatic N) is 1. The van der Waals surface area contributed by atoms with E-state index in [0.717, 1.165) is 23.5 Å². The monoisotopic (exact) mass is 288 g/mol. The molecule has 0 saturated carbocycles. The lowest BCUT2D eigenvalue weighted by atomic mass is 9.92. The molecule has 0 saturated heterocycles. The Morgan fingerprint density at radius 3 is 2.30 bits per heavy atom. The van der Waals surface area contributed by atoms with Crippen molar-refractivity contribution >= 4 is 11.3 Å². The predicted molar refractivity (Wildman–Crippen MR) is 87.1 cm³/mol. The van der Waals surface area contributed by atoms with Crippen molar-refractivity contribution in [2.75, 3.05) is 0 Å². The fourth-order valence-corrected chi connectivity index (χ4v) is 3.19. The van der Waals surface area contributed by atoms with E-state index in [2.05, 4.69) is 57.3 Å². The van der Waals surface area contributed by atoms with E-state index in [9.17, 15) is 0 Å². The largest absolute Gasteiger partial charge is 0.320 e. The van der Waals surface area contributed by atoms with Crippen LogP contribution in [0.1, 0.15) is 50.4 Å². The summed E-state index contributed by atoms with van der Waals surface area (Å²) in [6.45, 7) is 8.64. The second kappa shape index (κ2) is 5.66. The molecule has 108 valence electrons. The molecule has 0 amide bonds. The van der Waals surface area contributed by atoms with Gasteiger partial charge >= 0.3 is 0 Å². The summed E-state index contributed by atoms with van der Waals surface area (Å²) in [5, 5.41) is 3.18. The highest BCUT2D eigenvalue weighted by molar-refractivity contribution is 7.09. The molecule has 0 aliphatic heterocycles. The Bertz CT molecular complexity index is 550. The van der Waals surface area contributed by atoms with Crippen molar-refractivity contribution in [2.24, 2.45) is 5.73 Å². The van der Waals surface area contributed by atoms with E-state index in [-0.39, 0.29) is 11.0 Å². The number of hydrogen-bond acceptors (Lipinski definition) is 3. The fraction of sp³-hybridized carbons (Fsp3) is 0.471. The molecule has 1 aromatic heterocycles. The van der Waals surface area contributed by atoms with Crippen LogP contribution in [0.2, 0.25) is 0 Å². The molecule has 0 aliphatic rings. The Morgan fingerprint density at radius 2 is 1.75 bits per heavy atom. The topological polar surface area (TPSA) is 38.9 Å². The van der Waals surface area contributed by atoms with E-state index < -0.39 is 0 Å². The van der Waals surface area contributed by atoms with Crippen molar-refractivity contribution in [3.8, 4) is 0 Å². The van der Waals surface area contributed by atoms with Crippen LogP contribution in [0, 0.1) is 0 Å². The molecule has 2 N–H and O–H groups in total. The van der Waals surface area contributed by atoms with Gasteiger partial charge in [-0.25, -0.2) is 4.98 Å². The molecule has 2 nitrogen and oxygen atoms in total. The summed E-state index contributed by atoms with van der Waals surface area (Å²) in [4.78, 5) is 4.76. The van der Waals surface area contributed by atoms with Crippen molar-refractivity contribution in [1.29, 1.82) is 0 Å². The van der Waals surface area contributed by atoms with Gasteiger partial charge < -0.3 is 5.73 Å². The lowest BCUT2D eigenvalue weighted by molar-refractivity contribution is 0.445. The minimum atomic E-state index is -0.357. The van der Waals surface area contributed by atoms with E-state index in [1.54, 1.807) is 11.3 Å². The standard InChI is InChI=1S/C17H24N2S/c1-16(2,3)14-12-20-15(19-14)17(4,18)11-10-13-8-6-5-7-9-13/h5-9,12H,10-11,18H2,1-4H3. The lowest BCUT2D eigenvalue weighted by Gasteiger charge is -2.22. The van der Waals surface area contributed by atoms with Crippen molar-refractivity contribution in [1.82, 2.24) is 4.98 Å². The van der Waals surface area contributed by atoms with Gasteiger partial charge in [-0.2, -0.15) is 0 Å². The lowest BCUT2D eigenvalue weighted by Crippen LogP contribution is -2.33. The Hall–Kier alpha value is -1.19. The number of aromatic nitrogens is 1. The van der Waals surface area contributed by atoms with E-state index in [1.807, 2.05) is 6.07 Å². The smallest absolute Gasteiger partial charge is 0.113 e. The minimum absolute atomic E-state index is 0.0876. The van der Waals surface area contributed by atoms with E-state index in [0.29, 0.717) is 0 Å². The molecule has 1 aromatic carbocycles. The maximum Gasteiger partial charge on any atom is 0.113 e. The van der Waals surface area contributed by atoms with Crippen molar-refractivity contribution in [3.05, 3.63) is 52.0 Å². The van der Waals surface area contributed by atoms with Crippen LogP contribution in [0.4, 0.5) is 0 Å². The number of nitrogens with two attached hydrogens (primary N) is 1. The van der Waals surface area contributed by atoms with Crippen molar-refractivity contribution in [3.63, 3.8) is 0 Å². The second-order valence-electron chi connectivity index (χ2n) is 6.69.